The van der Waals surface area contributed by atoms with Gasteiger partial charge in [-0.2, -0.15) is 0 Å². The minimum absolute atomic E-state index is 0.0624. The summed E-state index contributed by atoms with van der Waals surface area (Å²) in [6.45, 7) is 13.0. The van der Waals surface area contributed by atoms with Gasteiger partial charge in [0.15, 0.2) is 0 Å². The largest absolute Gasteiger partial charge is 0.369 e. The Labute approximate surface area is 115 Å². The van der Waals surface area contributed by atoms with Crippen LogP contribution in [0, 0.1) is 19.8 Å². The van der Waals surface area contributed by atoms with Crippen molar-refractivity contribution >= 4 is 11.3 Å². The molecule has 1 fully saturated rings. The maximum Gasteiger partial charge on any atom is 0.0681 e. The Bertz CT molecular complexity index is 428. The highest BCUT2D eigenvalue weighted by Crippen LogP contribution is 2.47. The first-order chi connectivity index (χ1) is 8.12. The topological polar surface area (TPSA) is 35.2 Å². The van der Waals surface area contributed by atoms with Gasteiger partial charge in [0.25, 0.3) is 0 Å². The summed E-state index contributed by atoms with van der Waals surface area (Å²) >= 11 is 1.83. The van der Waals surface area contributed by atoms with E-state index in [0.717, 1.165) is 6.42 Å². The van der Waals surface area contributed by atoms with E-state index in [2.05, 4.69) is 47.6 Å². The Hall–Kier alpha value is -0.380. The van der Waals surface area contributed by atoms with Crippen LogP contribution in [0.25, 0.3) is 0 Å². The Kier molecular flexibility index (Phi) is 3.37. The van der Waals surface area contributed by atoms with Gasteiger partial charge in [-0.25, -0.2) is 0 Å². The van der Waals surface area contributed by atoms with Crippen LogP contribution in [0.3, 0.4) is 0 Å². The molecule has 0 radical (unpaired) electrons. The number of hydrogen-bond donors (Lipinski definition) is 1. The zero-order valence-corrected chi connectivity index (χ0v) is 13.1. The van der Waals surface area contributed by atoms with Crippen LogP contribution < -0.4 is 5.73 Å². The zero-order chi connectivity index (χ0) is 13.7. The molecule has 2 unspecified atom stereocenters. The van der Waals surface area contributed by atoms with Crippen molar-refractivity contribution in [3.8, 4) is 0 Å². The van der Waals surface area contributed by atoms with Crippen molar-refractivity contribution in [2.45, 2.75) is 65.2 Å². The van der Waals surface area contributed by atoms with Crippen LogP contribution in [-0.4, -0.2) is 11.2 Å². The van der Waals surface area contributed by atoms with Gasteiger partial charge in [0.05, 0.1) is 11.2 Å². The van der Waals surface area contributed by atoms with Crippen molar-refractivity contribution in [1.82, 2.24) is 0 Å². The molecule has 2 atom stereocenters. The molecule has 0 aromatic carbocycles. The summed E-state index contributed by atoms with van der Waals surface area (Å²) in [5.41, 5.74) is 7.65. The lowest BCUT2D eigenvalue weighted by Gasteiger charge is -2.30. The molecular formula is C15H25NOS. The molecule has 0 aliphatic carbocycles. The van der Waals surface area contributed by atoms with Crippen LogP contribution in [-0.2, 0) is 4.74 Å². The SMILES string of the molecule is Cc1cc(C(N)C2CC(C)(C)OC2(C)C)sc1C. The molecule has 2 rings (SSSR count). The first-order valence-corrected chi connectivity index (χ1v) is 7.47. The minimum atomic E-state index is -0.144. The van der Waals surface area contributed by atoms with Crippen LogP contribution >= 0.6 is 11.3 Å². The molecule has 2 N–H and O–H groups in total. The van der Waals surface area contributed by atoms with E-state index >= 15 is 0 Å². The van der Waals surface area contributed by atoms with Gasteiger partial charge in [0, 0.05) is 21.7 Å². The number of aryl methyl sites for hydroxylation is 2. The maximum absolute atomic E-state index is 6.51. The fraction of sp³-hybridized carbons (Fsp3) is 0.733. The average Bonchev–Trinajstić information content (AvgIpc) is 2.63. The number of rotatable bonds is 2. The second-order valence-electron chi connectivity index (χ2n) is 6.69. The molecule has 3 heteroatoms. The zero-order valence-electron chi connectivity index (χ0n) is 12.3. The second-order valence-corrected chi connectivity index (χ2v) is 7.98. The molecule has 102 valence electrons. The van der Waals surface area contributed by atoms with Gasteiger partial charge in [-0.15, -0.1) is 11.3 Å². The first kappa shape index (κ1) is 14.0. The summed E-state index contributed by atoms with van der Waals surface area (Å²) in [6, 6.07) is 2.32. The van der Waals surface area contributed by atoms with Crippen molar-refractivity contribution < 1.29 is 4.74 Å². The summed E-state index contributed by atoms with van der Waals surface area (Å²) in [6.07, 6.45) is 1.02. The fourth-order valence-electron chi connectivity index (χ4n) is 3.13. The molecule has 0 spiro atoms. The van der Waals surface area contributed by atoms with Gasteiger partial charge < -0.3 is 10.5 Å². The van der Waals surface area contributed by atoms with E-state index < -0.39 is 0 Å². The van der Waals surface area contributed by atoms with Gasteiger partial charge in [-0.05, 0) is 59.6 Å². The van der Waals surface area contributed by atoms with Crippen LogP contribution in [0.15, 0.2) is 6.07 Å². The normalized spacial score (nSPS) is 27.4. The van der Waals surface area contributed by atoms with Gasteiger partial charge in [0.2, 0.25) is 0 Å². The monoisotopic (exact) mass is 267 g/mol. The highest BCUT2D eigenvalue weighted by atomic mass is 32.1. The van der Waals surface area contributed by atoms with Crippen LogP contribution in [0.4, 0.5) is 0 Å². The molecule has 1 saturated heterocycles. The molecule has 1 aliphatic rings. The maximum atomic E-state index is 6.51. The van der Waals surface area contributed by atoms with Gasteiger partial charge in [-0.1, -0.05) is 0 Å². The van der Waals surface area contributed by atoms with Crippen molar-refractivity contribution in [3.05, 3.63) is 21.4 Å². The highest BCUT2D eigenvalue weighted by Gasteiger charge is 2.48. The molecular weight excluding hydrogens is 242 g/mol. The average molecular weight is 267 g/mol. The van der Waals surface area contributed by atoms with E-state index in [-0.39, 0.29) is 17.2 Å². The molecule has 2 heterocycles. The molecule has 1 aliphatic heterocycles. The molecule has 0 saturated carbocycles. The van der Waals surface area contributed by atoms with E-state index in [1.54, 1.807) is 0 Å². The molecule has 2 nitrogen and oxygen atoms in total. The van der Waals surface area contributed by atoms with Crippen molar-refractivity contribution in [3.63, 3.8) is 0 Å². The molecule has 0 amide bonds. The standard InChI is InChI=1S/C15H25NOS/c1-9-7-12(18-10(9)2)13(16)11-8-14(3,4)17-15(11,5)6/h7,11,13H,8,16H2,1-6H3. The Morgan fingerprint density at radius 3 is 2.33 bits per heavy atom. The number of thiophene rings is 1. The molecule has 18 heavy (non-hydrogen) atoms. The predicted octanol–water partition coefficient (Wildman–Crippen LogP) is 3.96. The Morgan fingerprint density at radius 1 is 1.33 bits per heavy atom. The third kappa shape index (κ3) is 2.49. The Balaban J connectivity index is 2.26. The van der Waals surface area contributed by atoms with E-state index in [1.807, 2.05) is 11.3 Å². The second kappa shape index (κ2) is 4.32. The van der Waals surface area contributed by atoms with Gasteiger partial charge >= 0.3 is 0 Å². The summed E-state index contributed by atoms with van der Waals surface area (Å²) in [5, 5.41) is 0. The lowest BCUT2D eigenvalue weighted by Crippen LogP contribution is -2.35. The van der Waals surface area contributed by atoms with E-state index in [0.29, 0.717) is 5.92 Å². The van der Waals surface area contributed by atoms with Crippen LogP contribution in [0.1, 0.15) is 55.5 Å². The highest BCUT2D eigenvalue weighted by molar-refractivity contribution is 7.12. The number of ether oxygens (including phenoxy) is 1. The first-order valence-electron chi connectivity index (χ1n) is 6.65. The van der Waals surface area contributed by atoms with E-state index in [1.165, 1.54) is 15.3 Å². The number of nitrogens with two attached hydrogens (primary N) is 1. The smallest absolute Gasteiger partial charge is 0.0681 e. The van der Waals surface area contributed by atoms with Crippen molar-refractivity contribution in [2.24, 2.45) is 11.7 Å². The van der Waals surface area contributed by atoms with Crippen molar-refractivity contribution in [2.75, 3.05) is 0 Å². The summed E-state index contributed by atoms with van der Waals surface area (Å²) in [5.74, 6) is 0.380. The quantitative estimate of drug-likeness (QED) is 0.880. The van der Waals surface area contributed by atoms with Crippen LogP contribution in [0.5, 0.6) is 0 Å². The van der Waals surface area contributed by atoms with E-state index in [4.69, 9.17) is 10.5 Å². The third-order valence-corrected chi connectivity index (χ3v) is 5.34. The predicted molar refractivity (Wildman–Crippen MR) is 78.1 cm³/mol. The lowest BCUT2D eigenvalue weighted by atomic mass is 9.81. The minimum Gasteiger partial charge on any atom is -0.369 e. The summed E-state index contributed by atoms with van der Waals surface area (Å²) in [4.78, 5) is 2.67. The fourth-order valence-corrected chi connectivity index (χ4v) is 4.24. The van der Waals surface area contributed by atoms with Crippen LogP contribution in [0.2, 0.25) is 0 Å². The lowest BCUT2D eigenvalue weighted by molar-refractivity contribution is -0.0766. The number of hydrogen-bond acceptors (Lipinski definition) is 3. The molecule has 0 bridgehead atoms. The summed E-state index contributed by atoms with van der Waals surface area (Å²) in [7, 11) is 0. The van der Waals surface area contributed by atoms with Gasteiger partial charge in [-0.3, -0.25) is 0 Å². The molecule has 1 aromatic rings. The Morgan fingerprint density at radius 2 is 1.94 bits per heavy atom. The van der Waals surface area contributed by atoms with Crippen molar-refractivity contribution in [1.29, 1.82) is 0 Å². The van der Waals surface area contributed by atoms with E-state index in [9.17, 15) is 0 Å². The van der Waals surface area contributed by atoms with Gasteiger partial charge in [0.1, 0.15) is 0 Å². The third-order valence-electron chi connectivity index (χ3n) is 4.09. The molecule has 1 aromatic heterocycles. The summed E-state index contributed by atoms with van der Waals surface area (Å²) < 4.78 is 6.15.